The van der Waals surface area contributed by atoms with E-state index >= 15 is 0 Å². The molecule has 2 rings (SSSR count). The summed E-state index contributed by atoms with van der Waals surface area (Å²) in [6.45, 7) is 0.659. The first kappa shape index (κ1) is 13.5. The highest BCUT2D eigenvalue weighted by Crippen LogP contribution is 2.19. The molecule has 0 radical (unpaired) electrons. The second kappa shape index (κ2) is 6.33. The fourth-order valence-corrected chi connectivity index (χ4v) is 2.07. The van der Waals surface area contributed by atoms with Crippen molar-refractivity contribution in [1.82, 2.24) is 0 Å². The minimum absolute atomic E-state index is 0.181. The Labute approximate surface area is 119 Å². The van der Waals surface area contributed by atoms with Crippen molar-refractivity contribution >= 4 is 27.3 Å². The van der Waals surface area contributed by atoms with Gasteiger partial charge in [0.15, 0.2) is 0 Å². The third-order valence-electron chi connectivity index (χ3n) is 2.76. The molecular formula is C14H13BrN2O2. The van der Waals surface area contributed by atoms with E-state index < -0.39 is 0 Å². The standard InChI is InChI=1S/C14H13BrN2O2/c15-12-5-7-13(8-6-12)16-10-9-11-3-1-2-4-14(11)17(18)19/h1-8,16H,9-10H2. The van der Waals surface area contributed by atoms with Crippen LogP contribution in [0, 0.1) is 10.1 Å². The lowest BCUT2D eigenvalue weighted by Crippen LogP contribution is -2.06. The lowest BCUT2D eigenvalue weighted by Gasteiger charge is -2.07. The monoisotopic (exact) mass is 320 g/mol. The van der Waals surface area contributed by atoms with Crippen molar-refractivity contribution in [3.63, 3.8) is 0 Å². The smallest absolute Gasteiger partial charge is 0.272 e. The fraction of sp³-hybridized carbons (Fsp3) is 0.143. The highest BCUT2D eigenvalue weighted by atomic mass is 79.9. The van der Waals surface area contributed by atoms with E-state index in [1.54, 1.807) is 12.1 Å². The molecule has 5 heteroatoms. The molecule has 0 amide bonds. The molecule has 0 aliphatic heterocycles. The van der Waals surface area contributed by atoms with Crippen molar-refractivity contribution in [1.29, 1.82) is 0 Å². The van der Waals surface area contributed by atoms with Gasteiger partial charge in [0.2, 0.25) is 0 Å². The number of halogens is 1. The summed E-state index contributed by atoms with van der Waals surface area (Å²) < 4.78 is 1.02. The Bertz CT molecular complexity index is 570. The van der Waals surface area contributed by atoms with Crippen LogP contribution in [-0.2, 0) is 6.42 Å². The van der Waals surface area contributed by atoms with Crippen molar-refractivity contribution in [2.75, 3.05) is 11.9 Å². The number of hydrogen-bond acceptors (Lipinski definition) is 3. The molecule has 0 aliphatic rings. The molecule has 4 nitrogen and oxygen atoms in total. The van der Waals surface area contributed by atoms with Gasteiger partial charge in [0, 0.05) is 28.3 Å². The highest BCUT2D eigenvalue weighted by molar-refractivity contribution is 9.10. The minimum Gasteiger partial charge on any atom is -0.385 e. The first-order valence-corrected chi connectivity index (χ1v) is 6.68. The molecule has 0 atom stereocenters. The Balaban J connectivity index is 1.96. The second-order valence-electron chi connectivity index (χ2n) is 4.07. The third kappa shape index (κ3) is 3.79. The zero-order chi connectivity index (χ0) is 13.7. The molecule has 2 aromatic rings. The maximum absolute atomic E-state index is 10.9. The lowest BCUT2D eigenvalue weighted by atomic mass is 10.1. The quantitative estimate of drug-likeness (QED) is 0.669. The van der Waals surface area contributed by atoms with Crippen LogP contribution < -0.4 is 5.32 Å². The van der Waals surface area contributed by atoms with E-state index in [2.05, 4.69) is 21.2 Å². The van der Waals surface area contributed by atoms with Gasteiger partial charge in [0.1, 0.15) is 0 Å². The third-order valence-corrected chi connectivity index (χ3v) is 3.28. The molecule has 0 aromatic heterocycles. The lowest BCUT2D eigenvalue weighted by molar-refractivity contribution is -0.385. The van der Waals surface area contributed by atoms with Gasteiger partial charge in [0.05, 0.1) is 4.92 Å². The molecule has 0 saturated carbocycles. The van der Waals surface area contributed by atoms with Crippen molar-refractivity contribution in [2.45, 2.75) is 6.42 Å². The molecule has 2 aromatic carbocycles. The summed E-state index contributed by atoms with van der Waals surface area (Å²) in [5, 5.41) is 14.1. The van der Waals surface area contributed by atoms with E-state index in [0.29, 0.717) is 13.0 Å². The largest absolute Gasteiger partial charge is 0.385 e. The molecule has 0 fully saturated rings. The van der Waals surface area contributed by atoms with E-state index in [-0.39, 0.29) is 10.6 Å². The van der Waals surface area contributed by atoms with Gasteiger partial charge in [-0.2, -0.15) is 0 Å². The average Bonchev–Trinajstić information content (AvgIpc) is 2.41. The molecule has 0 spiro atoms. The molecule has 0 aliphatic carbocycles. The van der Waals surface area contributed by atoms with E-state index in [4.69, 9.17) is 0 Å². The molecule has 0 unspecified atom stereocenters. The van der Waals surface area contributed by atoms with Crippen LogP contribution in [0.5, 0.6) is 0 Å². The average molecular weight is 321 g/mol. The van der Waals surface area contributed by atoms with Crippen molar-refractivity contribution in [3.05, 3.63) is 68.7 Å². The Hall–Kier alpha value is -1.88. The molecule has 0 heterocycles. The number of benzene rings is 2. The van der Waals surface area contributed by atoms with Gasteiger partial charge in [-0.25, -0.2) is 0 Å². The highest BCUT2D eigenvalue weighted by Gasteiger charge is 2.11. The zero-order valence-corrected chi connectivity index (χ0v) is 11.8. The topological polar surface area (TPSA) is 55.2 Å². The number of para-hydroxylation sites is 1. The van der Waals surface area contributed by atoms with Crippen LogP contribution in [0.4, 0.5) is 11.4 Å². The Kier molecular flexibility index (Phi) is 4.52. The van der Waals surface area contributed by atoms with Gasteiger partial charge in [-0.3, -0.25) is 10.1 Å². The Morgan fingerprint density at radius 2 is 1.79 bits per heavy atom. The molecule has 1 N–H and O–H groups in total. The van der Waals surface area contributed by atoms with Crippen molar-refractivity contribution in [3.8, 4) is 0 Å². The number of hydrogen-bond donors (Lipinski definition) is 1. The summed E-state index contributed by atoms with van der Waals surface area (Å²) >= 11 is 3.37. The van der Waals surface area contributed by atoms with Gasteiger partial charge in [-0.1, -0.05) is 34.1 Å². The van der Waals surface area contributed by atoms with Crippen molar-refractivity contribution in [2.24, 2.45) is 0 Å². The van der Waals surface area contributed by atoms with Crippen LogP contribution in [-0.4, -0.2) is 11.5 Å². The number of nitrogens with zero attached hydrogens (tertiary/aromatic N) is 1. The number of rotatable bonds is 5. The molecular weight excluding hydrogens is 308 g/mol. The fourth-order valence-electron chi connectivity index (χ4n) is 1.81. The van der Waals surface area contributed by atoms with Crippen LogP contribution in [0.15, 0.2) is 53.0 Å². The van der Waals surface area contributed by atoms with Crippen LogP contribution in [0.25, 0.3) is 0 Å². The Morgan fingerprint density at radius 3 is 2.47 bits per heavy atom. The minimum atomic E-state index is -0.338. The normalized spacial score (nSPS) is 10.2. The van der Waals surface area contributed by atoms with Crippen LogP contribution in [0.1, 0.15) is 5.56 Å². The predicted octanol–water partition coefficient (Wildman–Crippen LogP) is 4.01. The first-order valence-electron chi connectivity index (χ1n) is 5.88. The molecule has 19 heavy (non-hydrogen) atoms. The van der Waals surface area contributed by atoms with Gasteiger partial charge in [-0.15, -0.1) is 0 Å². The summed E-state index contributed by atoms with van der Waals surface area (Å²) in [7, 11) is 0. The zero-order valence-electron chi connectivity index (χ0n) is 10.2. The summed E-state index contributed by atoms with van der Waals surface area (Å²) in [6, 6.07) is 14.7. The van der Waals surface area contributed by atoms with Gasteiger partial charge >= 0.3 is 0 Å². The van der Waals surface area contributed by atoms with Gasteiger partial charge < -0.3 is 5.32 Å². The van der Waals surface area contributed by atoms with Gasteiger partial charge in [-0.05, 0) is 30.7 Å². The van der Waals surface area contributed by atoms with Crippen LogP contribution >= 0.6 is 15.9 Å². The summed E-state index contributed by atoms with van der Waals surface area (Å²) in [5.41, 5.74) is 1.93. The van der Waals surface area contributed by atoms with E-state index in [1.807, 2.05) is 30.3 Å². The summed E-state index contributed by atoms with van der Waals surface area (Å²) in [4.78, 5) is 10.5. The molecule has 0 bridgehead atoms. The van der Waals surface area contributed by atoms with Crippen LogP contribution in [0.3, 0.4) is 0 Å². The number of nitro groups is 1. The maximum atomic E-state index is 10.9. The van der Waals surface area contributed by atoms with E-state index in [0.717, 1.165) is 15.7 Å². The number of nitrogens with one attached hydrogen (secondary N) is 1. The van der Waals surface area contributed by atoms with Crippen molar-refractivity contribution < 1.29 is 4.92 Å². The van der Waals surface area contributed by atoms with Crippen LogP contribution in [0.2, 0.25) is 0 Å². The first-order chi connectivity index (χ1) is 9.16. The summed E-state index contributed by atoms with van der Waals surface area (Å²) in [5.74, 6) is 0. The van der Waals surface area contributed by atoms with E-state index in [9.17, 15) is 10.1 Å². The van der Waals surface area contributed by atoms with E-state index in [1.165, 1.54) is 6.07 Å². The molecule has 0 saturated heterocycles. The Morgan fingerprint density at radius 1 is 1.11 bits per heavy atom. The second-order valence-corrected chi connectivity index (χ2v) is 4.99. The maximum Gasteiger partial charge on any atom is 0.272 e. The number of nitro benzene ring substituents is 1. The SMILES string of the molecule is O=[N+]([O-])c1ccccc1CCNc1ccc(Br)cc1. The predicted molar refractivity (Wildman–Crippen MR) is 79.4 cm³/mol. The number of anilines is 1. The summed E-state index contributed by atoms with van der Waals surface area (Å²) in [6.07, 6.45) is 0.618. The molecule has 98 valence electrons. The van der Waals surface area contributed by atoms with Gasteiger partial charge in [0.25, 0.3) is 5.69 Å².